The first-order valence-electron chi connectivity index (χ1n) is 7.59. The minimum atomic E-state index is -3.26. The molecule has 0 amide bonds. The second kappa shape index (κ2) is 6.90. The van der Waals surface area contributed by atoms with E-state index in [0.717, 1.165) is 24.8 Å². The molecule has 0 spiro atoms. The number of sulfone groups is 1. The van der Waals surface area contributed by atoms with Crippen molar-refractivity contribution < 1.29 is 13.5 Å². The molecule has 5 heteroatoms. The van der Waals surface area contributed by atoms with Crippen LogP contribution in [0.2, 0.25) is 0 Å². The Hall–Kier alpha value is -0.910. The molecule has 0 radical (unpaired) electrons. The van der Waals surface area contributed by atoms with Gasteiger partial charge in [0.15, 0.2) is 9.84 Å². The van der Waals surface area contributed by atoms with Crippen LogP contribution in [0, 0.1) is 12.8 Å². The molecule has 0 heterocycles. The third-order valence-electron chi connectivity index (χ3n) is 4.20. The quantitative estimate of drug-likeness (QED) is 0.842. The molecule has 118 valence electrons. The van der Waals surface area contributed by atoms with Crippen molar-refractivity contribution in [1.82, 2.24) is 5.32 Å². The number of aryl methyl sites for hydroxylation is 1. The number of hydrogen-bond acceptors (Lipinski definition) is 4. The van der Waals surface area contributed by atoms with Crippen LogP contribution in [0.1, 0.15) is 31.7 Å². The lowest BCUT2D eigenvalue weighted by Gasteiger charge is -2.19. The predicted octanol–water partition coefficient (Wildman–Crippen LogP) is 1.91. The van der Waals surface area contributed by atoms with E-state index < -0.39 is 9.84 Å². The predicted molar refractivity (Wildman–Crippen MR) is 84.0 cm³/mol. The zero-order valence-electron chi connectivity index (χ0n) is 12.7. The summed E-state index contributed by atoms with van der Waals surface area (Å²) >= 11 is 0. The van der Waals surface area contributed by atoms with Crippen LogP contribution in [0.25, 0.3) is 0 Å². The van der Waals surface area contributed by atoms with E-state index in [9.17, 15) is 13.5 Å². The van der Waals surface area contributed by atoms with E-state index >= 15 is 0 Å². The molecular weight excluding hydrogens is 286 g/mol. The Bertz CT molecular complexity index is 553. The van der Waals surface area contributed by atoms with Gasteiger partial charge in [-0.25, -0.2) is 8.42 Å². The zero-order chi connectivity index (χ0) is 15.5. The normalized spacial score (nSPS) is 24.1. The highest BCUT2D eigenvalue weighted by Gasteiger charge is 2.26. The van der Waals surface area contributed by atoms with Crippen LogP contribution in [0.15, 0.2) is 29.2 Å². The summed E-state index contributed by atoms with van der Waals surface area (Å²) in [6, 6.07) is 6.85. The molecule has 0 aromatic heterocycles. The van der Waals surface area contributed by atoms with Gasteiger partial charge in [0.05, 0.1) is 16.8 Å². The second-order valence-electron chi connectivity index (χ2n) is 6.16. The van der Waals surface area contributed by atoms with Crippen molar-refractivity contribution in [2.75, 3.05) is 12.3 Å². The van der Waals surface area contributed by atoms with E-state index in [1.807, 2.05) is 26.0 Å². The molecule has 1 saturated carbocycles. The standard InChI is InChI=1S/C16H25NO3S/c1-12-6-8-15(9-7-12)21(19,20)11-13(2)17-10-14-4-3-5-16(14)18/h6-9,13-14,16-18H,3-5,10-11H2,1-2H3. The Morgan fingerprint density at radius 1 is 1.29 bits per heavy atom. The summed E-state index contributed by atoms with van der Waals surface area (Å²) in [5.74, 6) is 0.341. The van der Waals surface area contributed by atoms with Gasteiger partial charge in [-0.1, -0.05) is 24.1 Å². The fourth-order valence-electron chi connectivity index (χ4n) is 2.84. The Balaban J connectivity index is 1.89. The highest BCUT2D eigenvalue weighted by Crippen LogP contribution is 2.24. The van der Waals surface area contributed by atoms with Gasteiger partial charge in [-0.2, -0.15) is 0 Å². The molecule has 2 N–H and O–H groups in total. The second-order valence-corrected chi connectivity index (χ2v) is 8.20. The minimum absolute atomic E-state index is 0.0822. The first kappa shape index (κ1) is 16.5. The molecule has 2 rings (SSSR count). The third-order valence-corrected chi connectivity index (χ3v) is 6.13. The Morgan fingerprint density at radius 2 is 1.95 bits per heavy atom. The molecule has 0 saturated heterocycles. The maximum absolute atomic E-state index is 12.3. The number of hydrogen-bond donors (Lipinski definition) is 2. The van der Waals surface area contributed by atoms with Gasteiger partial charge < -0.3 is 10.4 Å². The Labute approximate surface area is 127 Å². The highest BCUT2D eigenvalue weighted by molar-refractivity contribution is 7.91. The largest absolute Gasteiger partial charge is 0.393 e. The van der Waals surface area contributed by atoms with Crippen molar-refractivity contribution in [1.29, 1.82) is 0 Å². The van der Waals surface area contributed by atoms with Crippen LogP contribution < -0.4 is 5.32 Å². The lowest BCUT2D eigenvalue weighted by Crippen LogP contribution is -2.38. The molecule has 1 aromatic rings. The number of aliphatic hydroxyl groups is 1. The van der Waals surface area contributed by atoms with Crippen molar-refractivity contribution in [3.8, 4) is 0 Å². The van der Waals surface area contributed by atoms with Crippen LogP contribution in [0.4, 0.5) is 0 Å². The van der Waals surface area contributed by atoms with Gasteiger partial charge in [-0.15, -0.1) is 0 Å². The summed E-state index contributed by atoms with van der Waals surface area (Å²) in [5.41, 5.74) is 1.05. The number of rotatable bonds is 6. The van der Waals surface area contributed by atoms with Crippen LogP contribution in [0.5, 0.6) is 0 Å². The summed E-state index contributed by atoms with van der Waals surface area (Å²) in [6.07, 6.45) is 2.70. The van der Waals surface area contributed by atoms with E-state index in [4.69, 9.17) is 0 Å². The van der Waals surface area contributed by atoms with E-state index in [-0.39, 0.29) is 23.8 Å². The fourth-order valence-corrected chi connectivity index (χ4v) is 4.36. The molecule has 1 aliphatic rings. The molecule has 3 atom stereocenters. The van der Waals surface area contributed by atoms with Crippen molar-refractivity contribution in [2.24, 2.45) is 5.92 Å². The Kier molecular flexibility index (Phi) is 5.41. The molecule has 1 aliphatic carbocycles. The van der Waals surface area contributed by atoms with Gasteiger partial charge in [0, 0.05) is 12.6 Å². The summed E-state index contributed by atoms with van der Waals surface area (Å²) in [6.45, 7) is 4.51. The van der Waals surface area contributed by atoms with E-state index in [0.29, 0.717) is 11.4 Å². The van der Waals surface area contributed by atoms with Crippen LogP contribution in [-0.2, 0) is 9.84 Å². The monoisotopic (exact) mass is 311 g/mol. The average molecular weight is 311 g/mol. The molecule has 1 fully saturated rings. The number of nitrogens with one attached hydrogen (secondary N) is 1. The van der Waals surface area contributed by atoms with Crippen molar-refractivity contribution >= 4 is 9.84 Å². The molecule has 0 bridgehead atoms. The minimum Gasteiger partial charge on any atom is -0.393 e. The van der Waals surface area contributed by atoms with E-state index in [1.165, 1.54) is 0 Å². The van der Waals surface area contributed by atoms with Crippen LogP contribution in [0.3, 0.4) is 0 Å². The molecule has 1 aromatic carbocycles. The average Bonchev–Trinajstić information content (AvgIpc) is 2.82. The highest BCUT2D eigenvalue weighted by atomic mass is 32.2. The van der Waals surface area contributed by atoms with Gasteiger partial charge in [0.1, 0.15) is 0 Å². The smallest absolute Gasteiger partial charge is 0.179 e. The Morgan fingerprint density at radius 3 is 2.52 bits per heavy atom. The third kappa shape index (κ3) is 4.53. The first-order valence-corrected chi connectivity index (χ1v) is 9.24. The van der Waals surface area contributed by atoms with Gasteiger partial charge in [0.25, 0.3) is 0 Å². The lowest BCUT2D eigenvalue weighted by atomic mass is 10.1. The fraction of sp³-hybridized carbons (Fsp3) is 0.625. The molecule has 0 aliphatic heterocycles. The topological polar surface area (TPSA) is 66.4 Å². The number of aliphatic hydroxyl groups excluding tert-OH is 1. The maximum atomic E-state index is 12.3. The lowest BCUT2D eigenvalue weighted by molar-refractivity contribution is 0.130. The van der Waals surface area contributed by atoms with Crippen LogP contribution >= 0.6 is 0 Å². The summed E-state index contributed by atoms with van der Waals surface area (Å²) in [5, 5.41) is 13.0. The first-order chi connectivity index (χ1) is 9.88. The van der Waals surface area contributed by atoms with Gasteiger partial charge in [0.2, 0.25) is 0 Å². The summed E-state index contributed by atoms with van der Waals surface area (Å²) in [4.78, 5) is 0.377. The van der Waals surface area contributed by atoms with Gasteiger partial charge >= 0.3 is 0 Å². The zero-order valence-corrected chi connectivity index (χ0v) is 13.6. The van der Waals surface area contributed by atoms with E-state index in [2.05, 4.69) is 5.32 Å². The van der Waals surface area contributed by atoms with Crippen LogP contribution in [-0.4, -0.2) is 38.0 Å². The molecule has 3 unspecified atom stereocenters. The summed E-state index contributed by atoms with van der Waals surface area (Å²) in [7, 11) is -3.26. The maximum Gasteiger partial charge on any atom is 0.179 e. The van der Waals surface area contributed by atoms with Crippen molar-refractivity contribution in [3.05, 3.63) is 29.8 Å². The number of benzene rings is 1. The molecular formula is C16H25NO3S. The van der Waals surface area contributed by atoms with Crippen molar-refractivity contribution in [2.45, 2.75) is 50.2 Å². The van der Waals surface area contributed by atoms with Gasteiger partial charge in [-0.05, 0) is 44.7 Å². The SMILES string of the molecule is Cc1ccc(S(=O)(=O)CC(C)NCC2CCCC2O)cc1. The van der Waals surface area contributed by atoms with Crippen molar-refractivity contribution in [3.63, 3.8) is 0 Å². The summed E-state index contributed by atoms with van der Waals surface area (Å²) < 4.78 is 24.6. The molecule has 21 heavy (non-hydrogen) atoms. The van der Waals surface area contributed by atoms with Gasteiger partial charge in [-0.3, -0.25) is 0 Å². The van der Waals surface area contributed by atoms with E-state index in [1.54, 1.807) is 12.1 Å². The molecule has 4 nitrogen and oxygen atoms in total.